The van der Waals surface area contributed by atoms with Crippen molar-refractivity contribution in [3.05, 3.63) is 12.3 Å². The molecule has 0 saturated heterocycles. The molecular weight excluding hydrogens is 153 g/mol. The molecule has 0 fully saturated rings. The summed E-state index contributed by atoms with van der Waals surface area (Å²) in [5.41, 5.74) is 0. The maximum absolute atomic E-state index is 4.97. The van der Waals surface area contributed by atoms with E-state index in [2.05, 4.69) is 4.99 Å². The Morgan fingerprint density at radius 3 is 3.00 bits per heavy atom. The molecule has 0 radical (unpaired) electrons. The van der Waals surface area contributed by atoms with E-state index < -0.39 is 0 Å². The van der Waals surface area contributed by atoms with Crippen LogP contribution in [0, 0.1) is 0 Å². The Labute approximate surface area is 50.8 Å². The van der Waals surface area contributed by atoms with Crippen LogP contribution in [0.15, 0.2) is 17.3 Å². The van der Waals surface area contributed by atoms with Gasteiger partial charge < -0.3 is 0 Å². The molecule has 1 atom stereocenters. The fourth-order valence-corrected chi connectivity index (χ4v) is 0.722. The van der Waals surface area contributed by atoms with E-state index in [9.17, 15) is 0 Å². The number of ether oxygens (including phenoxy) is 1. The molecule has 1 rings (SSSR count). The average Bonchev–Trinajstić information content (AvgIpc) is 1.69. The van der Waals surface area contributed by atoms with Crippen LogP contribution in [0.4, 0.5) is 0 Å². The van der Waals surface area contributed by atoms with Crippen LogP contribution >= 0.6 is 0 Å². The second kappa shape index (κ2) is 2.17. The van der Waals surface area contributed by atoms with E-state index in [1.165, 1.54) is 16.9 Å². The number of rotatable bonds is 0. The van der Waals surface area contributed by atoms with Crippen LogP contribution in [0.3, 0.4) is 0 Å². The van der Waals surface area contributed by atoms with Crippen molar-refractivity contribution in [3.63, 3.8) is 0 Å². The Kier molecular flexibility index (Phi) is 1.53. The van der Waals surface area contributed by atoms with Gasteiger partial charge in [0.05, 0.1) is 0 Å². The first-order valence-corrected chi connectivity index (χ1v) is 3.22. The summed E-state index contributed by atoms with van der Waals surface area (Å²) >= 11 is 1.43. The molecule has 0 aliphatic carbocycles. The summed E-state index contributed by atoms with van der Waals surface area (Å²) in [6.45, 7) is 0.692. The third-order valence-corrected chi connectivity index (χ3v) is 1.30. The maximum atomic E-state index is 4.97. The van der Waals surface area contributed by atoms with Crippen LogP contribution in [-0.2, 0) is 4.74 Å². The first-order chi connectivity index (χ1) is 3.39. The fourth-order valence-electron chi connectivity index (χ4n) is 0.340. The van der Waals surface area contributed by atoms with Crippen LogP contribution in [0.5, 0.6) is 0 Å². The van der Waals surface area contributed by atoms with Crippen molar-refractivity contribution in [3.8, 4) is 0 Å². The molecule has 0 spiro atoms. The molecule has 1 aliphatic heterocycles. The third-order valence-electron chi connectivity index (χ3n) is 0.635. The molecule has 1 aliphatic rings. The van der Waals surface area contributed by atoms with Crippen LogP contribution in [0.25, 0.3) is 0 Å². The summed E-state index contributed by atoms with van der Waals surface area (Å²) in [5.74, 6) is 0. The molecule has 0 aromatic carbocycles. The van der Waals surface area contributed by atoms with E-state index in [0.29, 0.717) is 6.61 Å². The van der Waals surface area contributed by atoms with Gasteiger partial charge in [0.2, 0.25) is 0 Å². The molecule has 3 heteroatoms. The first kappa shape index (κ1) is 4.92. The number of aliphatic imine (C=N–C) groups is 1. The molecule has 2 nitrogen and oxygen atoms in total. The molecule has 0 aromatic rings. The predicted molar refractivity (Wildman–Crippen MR) is 31.1 cm³/mol. The van der Waals surface area contributed by atoms with E-state index in [4.69, 9.17) is 4.74 Å². The van der Waals surface area contributed by atoms with Crippen molar-refractivity contribution in [1.82, 2.24) is 0 Å². The van der Waals surface area contributed by atoms with Crippen LogP contribution in [0.2, 0.25) is 0 Å². The first-order valence-electron chi connectivity index (χ1n) is 2.00. The minimum atomic E-state index is 0.692. The molecule has 0 aromatic heterocycles. The van der Waals surface area contributed by atoms with E-state index >= 15 is 0 Å². The van der Waals surface area contributed by atoms with Gasteiger partial charge in [0.1, 0.15) is 0 Å². The number of hydrogen-bond donors (Lipinski definition) is 0. The SMILES string of the molecule is [AsH2]C1=NC=CCO1. The Balaban J connectivity index is 2.57. The zero-order chi connectivity index (χ0) is 5.11. The van der Waals surface area contributed by atoms with Crippen molar-refractivity contribution in [2.24, 2.45) is 4.99 Å². The topological polar surface area (TPSA) is 21.6 Å². The van der Waals surface area contributed by atoms with E-state index in [1.54, 1.807) is 6.20 Å². The Morgan fingerprint density at radius 2 is 2.71 bits per heavy atom. The Bertz CT molecular complexity index is 119. The molecular formula is C4H6AsNO. The van der Waals surface area contributed by atoms with Crippen LogP contribution in [0.1, 0.15) is 0 Å². The quantitative estimate of drug-likeness (QED) is 0.437. The fraction of sp³-hybridized carbons (Fsp3) is 0.250. The summed E-state index contributed by atoms with van der Waals surface area (Å²) in [6.07, 6.45) is 3.64. The van der Waals surface area contributed by atoms with Gasteiger partial charge in [0.25, 0.3) is 0 Å². The molecule has 38 valence electrons. The van der Waals surface area contributed by atoms with Crippen molar-refractivity contribution in [2.75, 3.05) is 6.61 Å². The summed E-state index contributed by atoms with van der Waals surface area (Å²) in [5, 5.41) is 0. The van der Waals surface area contributed by atoms with Crippen LogP contribution in [-0.4, -0.2) is 28.1 Å². The third kappa shape index (κ3) is 1.36. The monoisotopic (exact) mass is 159 g/mol. The van der Waals surface area contributed by atoms with Crippen LogP contribution < -0.4 is 0 Å². The number of nitrogens with zero attached hydrogens (tertiary/aromatic N) is 1. The second-order valence-corrected chi connectivity index (χ2v) is 2.20. The molecule has 0 amide bonds. The standard InChI is InChI=1S/C4H6AsNO/c5-4-6-2-1-3-7-4/h1-2H,3,5H2. The van der Waals surface area contributed by atoms with E-state index in [-0.39, 0.29) is 0 Å². The normalized spacial score (nSPS) is 18.1. The zero-order valence-corrected chi connectivity index (χ0v) is 6.22. The van der Waals surface area contributed by atoms with Gasteiger partial charge in [-0.3, -0.25) is 0 Å². The second-order valence-electron chi connectivity index (χ2n) is 1.16. The van der Waals surface area contributed by atoms with Crippen molar-refractivity contribution in [2.45, 2.75) is 0 Å². The Morgan fingerprint density at radius 1 is 1.86 bits per heavy atom. The van der Waals surface area contributed by atoms with Crippen molar-refractivity contribution < 1.29 is 4.74 Å². The summed E-state index contributed by atoms with van der Waals surface area (Å²) in [7, 11) is 0. The summed E-state index contributed by atoms with van der Waals surface area (Å²) in [4.78, 5) is 3.87. The molecule has 1 unspecified atom stereocenters. The van der Waals surface area contributed by atoms with Gasteiger partial charge in [-0.05, 0) is 0 Å². The van der Waals surface area contributed by atoms with Crippen molar-refractivity contribution >= 4 is 21.5 Å². The van der Waals surface area contributed by atoms with Gasteiger partial charge in [-0.2, -0.15) is 0 Å². The summed E-state index contributed by atoms with van der Waals surface area (Å²) in [6, 6.07) is 0. The molecule has 7 heavy (non-hydrogen) atoms. The summed E-state index contributed by atoms with van der Waals surface area (Å²) < 4.78 is 5.78. The minimum absolute atomic E-state index is 0.692. The van der Waals surface area contributed by atoms with Gasteiger partial charge in [-0.1, -0.05) is 0 Å². The number of hydrogen-bond acceptors (Lipinski definition) is 2. The van der Waals surface area contributed by atoms with Crippen molar-refractivity contribution in [1.29, 1.82) is 0 Å². The zero-order valence-electron chi connectivity index (χ0n) is 3.79. The van der Waals surface area contributed by atoms with Gasteiger partial charge in [-0.15, -0.1) is 0 Å². The van der Waals surface area contributed by atoms with Gasteiger partial charge in [0, 0.05) is 0 Å². The van der Waals surface area contributed by atoms with Gasteiger partial charge >= 0.3 is 50.2 Å². The predicted octanol–water partition coefficient (Wildman–Crippen LogP) is -0.481. The van der Waals surface area contributed by atoms with E-state index in [1.807, 2.05) is 6.08 Å². The molecule has 0 saturated carbocycles. The molecule has 0 bridgehead atoms. The molecule has 0 N–H and O–H groups in total. The van der Waals surface area contributed by atoms with Gasteiger partial charge in [-0.25, -0.2) is 0 Å². The Hall–Kier alpha value is -0.232. The van der Waals surface area contributed by atoms with E-state index in [0.717, 1.165) is 4.69 Å². The average molecular weight is 159 g/mol. The van der Waals surface area contributed by atoms with Gasteiger partial charge in [0.15, 0.2) is 0 Å². The molecule has 1 heterocycles.